The second-order valence-electron chi connectivity index (χ2n) is 3.00. The first-order chi connectivity index (χ1) is 7.42. The molecule has 0 aliphatic rings. The number of anilines is 1. The number of aromatic nitrogens is 3. The Morgan fingerprint density at radius 3 is 3.13 bits per heavy atom. The van der Waals surface area contributed by atoms with Crippen molar-refractivity contribution in [3.05, 3.63) is 49.6 Å². The summed E-state index contributed by atoms with van der Waals surface area (Å²) in [5, 5.41) is 3.15. The van der Waals surface area contributed by atoms with Gasteiger partial charge in [0.2, 0.25) is 5.95 Å². The number of nitrogens with one attached hydrogen (secondary N) is 1. The van der Waals surface area contributed by atoms with E-state index < -0.39 is 0 Å². The van der Waals surface area contributed by atoms with E-state index in [9.17, 15) is 0 Å². The van der Waals surface area contributed by atoms with Crippen LogP contribution in [-0.2, 0) is 0 Å². The predicted octanol–water partition coefficient (Wildman–Crippen LogP) is 1.87. The van der Waals surface area contributed by atoms with Crippen molar-refractivity contribution in [2.75, 3.05) is 11.9 Å². The third kappa shape index (κ3) is 2.04. The number of imidazole rings is 1. The van der Waals surface area contributed by atoms with Gasteiger partial charge in [-0.1, -0.05) is 6.08 Å². The van der Waals surface area contributed by atoms with Crippen molar-refractivity contribution in [1.82, 2.24) is 14.5 Å². The molecular weight excluding hydrogens is 188 g/mol. The van der Waals surface area contributed by atoms with Crippen LogP contribution in [0.15, 0.2) is 49.6 Å². The second-order valence-corrected chi connectivity index (χ2v) is 3.00. The molecule has 0 unspecified atom stereocenters. The number of hydrogen-bond donors (Lipinski definition) is 1. The van der Waals surface area contributed by atoms with Gasteiger partial charge in [0, 0.05) is 25.1 Å². The van der Waals surface area contributed by atoms with E-state index in [1.165, 1.54) is 0 Å². The van der Waals surface area contributed by atoms with E-state index >= 15 is 0 Å². The Morgan fingerprint density at radius 2 is 2.40 bits per heavy atom. The average molecular weight is 200 g/mol. The zero-order chi connectivity index (χ0) is 10.5. The predicted molar refractivity (Wildman–Crippen MR) is 60.0 cm³/mol. The van der Waals surface area contributed by atoms with Crippen LogP contribution in [0.3, 0.4) is 0 Å². The molecule has 0 aromatic carbocycles. The molecule has 76 valence electrons. The number of hydrogen-bond acceptors (Lipinski definition) is 3. The summed E-state index contributed by atoms with van der Waals surface area (Å²) < 4.78 is 1.94. The van der Waals surface area contributed by atoms with Crippen LogP contribution in [0, 0.1) is 0 Å². The van der Waals surface area contributed by atoms with Gasteiger partial charge < -0.3 is 5.32 Å². The van der Waals surface area contributed by atoms with Crippen LogP contribution < -0.4 is 5.32 Å². The lowest BCUT2D eigenvalue weighted by Crippen LogP contribution is -2.05. The van der Waals surface area contributed by atoms with Crippen LogP contribution in [-0.4, -0.2) is 21.1 Å². The first kappa shape index (κ1) is 9.45. The maximum atomic E-state index is 4.21. The molecule has 0 atom stereocenters. The molecular formula is C11H12N4. The minimum atomic E-state index is 0.692. The van der Waals surface area contributed by atoms with Gasteiger partial charge in [-0.05, 0) is 12.1 Å². The maximum Gasteiger partial charge on any atom is 0.207 e. The summed E-state index contributed by atoms with van der Waals surface area (Å²) in [5.74, 6) is 0.794. The van der Waals surface area contributed by atoms with E-state index in [1.807, 2.05) is 22.9 Å². The summed E-state index contributed by atoms with van der Waals surface area (Å²) in [4.78, 5) is 8.27. The Labute approximate surface area is 88.3 Å². The topological polar surface area (TPSA) is 42.7 Å². The van der Waals surface area contributed by atoms with Crippen molar-refractivity contribution in [3.63, 3.8) is 0 Å². The van der Waals surface area contributed by atoms with Gasteiger partial charge in [0.15, 0.2) is 0 Å². The molecule has 2 aromatic rings. The summed E-state index contributed by atoms with van der Waals surface area (Å²) in [6, 6.07) is 3.88. The van der Waals surface area contributed by atoms with Crippen molar-refractivity contribution < 1.29 is 0 Å². The van der Waals surface area contributed by atoms with E-state index in [2.05, 4.69) is 21.9 Å². The fraction of sp³-hybridized carbons (Fsp3) is 0.0909. The normalized spacial score (nSPS) is 9.87. The Hall–Kier alpha value is -2.10. The van der Waals surface area contributed by atoms with Crippen molar-refractivity contribution >= 4 is 5.95 Å². The molecule has 0 aliphatic heterocycles. The molecule has 0 saturated heterocycles. The highest BCUT2D eigenvalue weighted by molar-refractivity contribution is 5.40. The molecule has 0 aliphatic carbocycles. The first-order valence-electron chi connectivity index (χ1n) is 4.70. The zero-order valence-corrected chi connectivity index (χ0v) is 8.30. The monoisotopic (exact) mass is 200 g/mol. The summed E-state index contributed by atoms with van der Waals surface area (Å²) >= 11 is 0. The zero-order valence-electron chi connectivity index (χ0n) is 8.30. The summed E-state index contributed by atoms with van der Waals surface area (Å²) in [6.07, 6.45) is 8.97. The molecule has 1 N–H and O–H groups in total. The number of nitrogens with zero attached hydrogens (tertiary/aromatic N) is 3. The van der Waals surface area contributed by atoms with Crippen molar-refractivity contribution in [3.8, 4) is 5.69 Å². The molecule has 0 saturated carbocycles. The molecule has 4 nitrogen and oxygen atoms in total. The SMILES string of the molecule is C=CCNc1nccn1-c1cccnc1. The fourth-order valence-electron chi connectivity index (χ4n) is 1.30. The summed E-state index contributed by atoms with van der Waals surface area (Å²) in [6.45, 7) is 4.34. The van der Waals surface area contributed by atoms with Gasteiger partial charge in [0.25, 0.3) is 0 Å². The first-order valence-corrected chi connectivity index (χ1v) is 4.70. The van der Waals surface area contributed by atoms with E-state index in [0.717, 1.165) is 11.6 Å². The second kappa shape index (κ2) is 4.41. The smallest absolute Gasteiger partial charge is 0.207 e. The number of pyridine rings is 1. The van der Waals surface area contributed by atoms with Crippen molar-refractivity contribution in [1.29, 1.82) is 0 Å². The third-order valence-electron chi connectivity index (χ3n) is 1.97. The maximum absolute atomic E-state index is 4.21. The Morgan fingerprint density at radius 1 is 1.47 bits per heavy atom. The molecule has 0 radical (unpaired) electrons. The third-order valence-corrected chi connectivity index (χ3v) is 1.97. The molecule has 15 heavy (non-hydrogen) atoms. The summed E-state index contributed by atoms with van der Waals surface area (Å²) in [7, 11) is 0. The van der Waals surface area contributed by atoms with Gasteiger partial charge in [-0.3, -0.25) is 9.55 Å². The quantitative estimate of drug-likeness (QED) is 0.766. The molecule has 0 amide bonds. The van der Waals surface area contributed by atoms with Gasteiger partial charge >= 0.3 is 0 Å². The highest BCUT2D eigenvalue weighted by Crippen LogP contribution is 2.12. The molecule has 2 heterocycles. The lowest BCUT2D eigenvalue weighted by Gasteiger charge is -2.07. The molecule has 2 rings (SSSR count). The van der Waals surface area contributed by atoms with Crippen LogP contribution in [0.25, 0.3) is 5.69 Å². The van der Waals surface area contributed by atoms with E-state index in [-0.39, 0.29) is 0 Å². The lowest BCUT2D eigenvalue weighted by molar-refractivity contribution is 1.03. The molecule has 2 aromatic heterocycles. The van der Waals surface area contributed by atoms with Crippen LogP contribution >= 0.6 is 0 Å². The van der Waals surface area contributed by atoms with E-state index in [0.29, 0.717) is 6.54 Å². The highest BCUT2D eigenvalue weighted by atomic mass is 15.2. The molecule has 0 bridgehead atoms. The standard InChI is InChI=1S/C11H12N4/c1-2-5-13-11-14-7-8-15(11)10-4-3-6-12-9-10/h2-4,6-9H,1,5H2,(H,13,14). The minimum absolute atomic E-state index is 0.692. The van der Waals surface area contributed by atoms with Crippen LogP contribution in [0.4, 0.5) is 5.95 Å². The van der Waals surface area contributed by atoms with Gasteiger partial charge in [0.1, 0.15) is 0 Å². The Balaban J connectivity index is 2.29. The van der Waals surface area contributed by atoms with E-state index in [1.54, 1.807) is 24.7 Å². The van der Waals surface area contributed by atoms with Crippen LogP contribution in [0.2, 0.25) is 0 Å². The largest absolute Gasteiger partial charge is 0.352 e. The Kier molecular flexibility index (Phi) is 2.78. The molecule has 0 fully saturated rings. The van der Waals surface area contributed by atoms with Gasteiger partial charge in [-0.25, -0.2) is 4.98 Å². The van der Waals surface area contributed by atoms with Crippen molar-refractivity contribution in [2.24, 2.45) is 0 Å². The summed E-state index contributed by atoms with van der Waals surface area (Å²) in [5.41, 5.74) is 0.988. The Bertz CT molecular complexity index is 433. The average Bonchev–Trinajstić information content (AvgIpc) is 2.75. The van der Waals surface area contributed by atoms with Crippen LogP contribution in [0.5, 0.6) is 0 Å². The lowest BCUT2D eigenvalue weighted by atomic mass is 10.4. The fourth-order valence-corrected chi connectivity index (χ4v) is 1.30. The highest BCUT2D eigenvalue weighted by Gasteiger charge is 2.02. The molecule has 4 heteroatoms. The van der Waals surface area contributed by atoms with Crippen LogP contribution in [0.1, 0.15) is 0 Å². The van der Waals surface area contributed by atoms with E-state index in [4.69, 9.17) is 0 Å². The van der Waals surface area contributed by atoms with Gasteiger partial charge in [-0.15, -0.1) is 6.58 Å². The minimum Gasteiger partial charge on any atom is -0.352 e. The van der Waals surface area contributed by atoms with Gasteiger partial charge in [0.05, 0.1) is 11.9 Å². The van der Waals surface area contributed by atoms with Gasteiger partial charge in [-0.2, -0.15) is 0 Å². The number of rotatable bonds is 4. The molecule has 0 spiro atoms. The van der Waals surface area contributed by atoms with Crippen molar-refractivity contribution in [2.45, 2.75) is 0 Å².